The Morgan fingerprint density at radius 1 is 1.00 bits per heavy atom. The molecule has 0 aliphatic rings. The summed E-state index contributed by atoms with van der Waals surface area (Å²) in [5, 5.41) is 3.24. The highest BCUT2D eigenvalue weighted by molar-refractivity contribution is 7.92. The van der Waals surface area contributed by atoms with Crippen LogP contribution in [0.15, 0.2) is 41.6 Å². The molecule has 0 saturated carbocycles. The van der Waals surface area contributed by atoms with Gasteiger partial charge in [0.05, 0.1) is 0 Å². The summed E-state index contributed by atoms with van der Waals surface area (Å²) >= 11 is 0. The van der Waals surface area contributed by atoms with Gasteiger partial charge in [-0.15, -0.1) is 0 Å². The number of rotatable bonds is 8. The van der Waals surface area contributed by atoms with E-state index >= 15 is 0 Å². The molecule has 0 spiro atoms. The van der Waals surface area contributed by atoms with Gasteiger partial charge in [0, 0.05) is 43.8 Å². The van der Waals surface area contributed by atoms with Crippen LogP contribution in [0.25, 0.3) is 0 Å². The molecule has 0 aliphatic heterocycles. The lowest BCUT2D eigenvalue weighted by Gasteiger charge is -2.20. The number of aryl methyl sites for hydroxylation is 3. The van der Waals surface area contributed by atoms with E-state index in [1.807, 2.05) is 13.0 Å². The number of sulfonamides is 1. The van der Waals surface area contributed by atoms with Crippen molar-refractivity contribution in [1.29, 1.82) is 0 Å². The van der Waals surface area contributed by atoms with Crippen molar-refractivity contribution < 1.29 is 8.42 Å². The van der Waals surface area contributed by atoms with E-state index in [4.69, 9.17) is 0 Å². The Hall–Kier alpha value is -3.14. The molecule has 3 rings (SSSR count). The lowest BCUT2D eigenvalue weighted by Crippen LogP contribution is -2.23. The molecule has 10 heteroatoms. The van der Waals surface area contributed by atoms with E-state index in [1.54, 1.807) is 42.8 Å². The highest BCUT2D eigenvalue weighted by atomic mass is 32.2. The topological polar surface area (TPSA) is 105 Å². The van der Waals surface area contributed by atoms with Crippen molar-refractivity contribution in [3.8, 4) is 0 Å². The zero-order valence-corrected chi connectivity index (χ0v) is 18.7. The predicted octanol–water partition coefficient (Wildman–Crippen LogP) is 3.22. The zero-order valence-electron chi connectivity index (χ0n) is 17.8. The number of aromatic nitrogens is 4. The van der Waals surface area contributed by atoms with Crippen molar-refractivity contribution in [2.75, 3.05) is 28.0 Å². The van der Waals surface area contributed by atoms with Crippen LogP contribution in [0.5, 0.6) is 0 Å². The molecule has 0 aliphatic carbocycles. The Morgan fingerprint density at radius 3 is 2.20 bits per heavy atom. The minimum Gasteiger partial charge on any atom is -0.357 e. The van der Waals surface area contributed by atoms with Crippen molar-refractivity contribution in [2.24, 2.45) is 7.05 Å². The van der Waals surface area contributed by atoms with Crippen molar-refractivity contribution in [3.05, 3.63) is 48.2 Å². The molecule has 2 N–H and O–H groups in total. The molecule has 30 heavy (non-hydrogen) atoms. The van der Waals surface area contributed by atoms with Crippen LogP contribution in [0.2, 0.25) is 0 Å². The van der Waals surface area contributed by atoms with Gasteiger partial charge in [0.25, 0.3) is 10.0 Å². The van der Waals surface area contributed by atoms with E-state index in [0.717, 1.165) is 24.6 Å². The summed E-state index contributed by atoms with van der Waals surface area (Å²) in [7, 11) is -1.99. The molecular formula is C20H27N7O2S. The Bertz CT molecular complexity index is 1100. The highest BCUT2D eigenvalue weighted by Crippen LogP contribution is 2.22. The zero-order chi connectivity index (χ0) is 21.9. The fourth-order valence-corrected chi connectivity index (χ4v) is 4.06. The first-order valence-electron chi connectivity index (χ1n) is 9.72. The quantitative estimate of drug-likeness (QED) is 0.566. The molecule has 0 bridgehead atoms. The average molecular weight is 430 g/mol. The van der Waals surface area contributed by atoms with Gasteiger partial charge in [0.2, 0.25) is 0 Å². The smallest absolute Gasteiger partial charge is 0.280 e. The van der Waals surface area contributed by atoms with Gasteiger partial charge >= 0.3 is 0 Å². The maximum absolute atomic E-state index is 12.5. The van der Waals surface area contributed by atoms with E-state index in [-0.39, 0.29) is 5.03 Å². The molecule has 2 aromatic heterocycles. The second-order valence-corrected chi connectivity index (χ2v) is 8.51. The van der Waals surface area contributed by atoms with Gasteiger partial charge in [0.1, 0.15) is 23.3 Å². The van der Waals surface area contributed by atoms with E-state index in [1.165, 1.54) is 6.20 Å². The molecule has 0 fully saturated rings. The first-order chi connectivity index (χ1) is 14.2. The molecule has 0 unspecified atom stereocenters. The van der Waals surface area contributed by atoms with Crippen LogP contribution in [0.3, 0.4) is 0 Å². The van der Waals surface area contributed by atoms with Crippen LogP contribution in [-0.4, -0.2) is 41.0 Å². The summed E-state index contributed by atoms with van der Waals surface area (Å²) in [5.74, 6) is 2.85. The summed E-state index contributed by atoms with van der Waals surface area (Å²) < 4.78 is 29.2. The minimum absolute atomic E-state index is 0.00917. The summed E-state index contributed by atoms with van der Waals surface area (Å²) in [6, 6.07) is 8.86. The normalized spacial score (nSPS) is 11.4. The highest BCUT2D eigenvalue weighted by Gasteiger charge is 2.18. The second kappa shape index (κ2) is 8.70. The minimum atomic E-state index is -3.74. The lowest BCUT2D eigenvalue weighted by atomic mass is 10.3. The maximum atomic E-state index is 12.5. The van der Waals surface area contributed by atoms with E-state index in [9.17, 15) is 8.42 Å². The number of imidazole rings is 1. The van der Waals surface area contributed by atoms with E-state index in [2.05, 4.69) is 43.7 Å². The molecule has 0 saturated heterocycles. The molecule has 1 aromatic carbocycles. The lowest BCUT2D eigenvalue weighted by molar-refractivity contribution is 0.598. The molecule has 0 radical (unpaired) electrons. The Kier molecular flexibility index (Phi) is 6.25. The molecule has 0 amide bonds. The van der Waals surface area contributed by atoms with Gasteiger partial charge in [-0.05, 0) is 52.0 Å². The first kappa shape index (κ1) is 21.6. The monoisotopic (exact) mass is 429 g/mol. The van der Waals surface area contributed by atoms with Crippen LogP contribution in [0.1, 0.15) is 25.5 Å². The average Bonchev–Trinajstić information content (AvgIpc) is 3.03. The van der Waals surface area contributed by atoms with Crippen molar-refractivity contribution in [3.63, 3.8) is 0 Å². The third kappa shape index (κ3) is 4.88. The van der Waals surface area contributed by atoms with E-state index < -0.39 is 10.0 Å². The Labute approximate surface area is 177 Å². The van der Waals surface area contributed by atoms with Gasteiger partial charge in [-0.2, -0.15) is 8.42 Å². The fourth-order valence-electron chi connectivity index (χ4n) is 2.96. The molecule has 160 valence electrons. The molecule has 9 nitrogen and oxygen atoms in total. The van der Waals surface area contributed by atoms with Gasteiger partial charge in [-0.3, -0.25) is 4.72 Å². The molecule has 2 heterocycles. The van der Waals surface area contributed by atoms with Gasteiger partial charge in [-0.25, -0.2) is 15.0 Å². The molecular weight excluding hydrogens is 402 g/mol. The van der Waals surface area contributed by atoms with Gasteiger partial charge < -0.3 is 14.8 Å². The number of nitrogens with zero attached hydrogens (tertiary/aromatic N) is 5. The van der Waals surface area contributed by atoms with Crippen molar-refractivity contribution in [2.45, 2.75) is 32.7 Å². The standard InChI is InChI=1S/C20H27N7O2S/c1-6-27(7-2)19-12-18(21-14(3)22-19)24-16-8-10-17(11-9-16)25-30(28,29)20-13-26(5)15(4)23-20/h8-13,25H,6-7H2,1-5H3,(H,21,22,24). The van der Waals surface area contributed by atoms with Crippen LogP contribution in [0, 0.1) is 13.8 Å². The number of nitrogens with one attached hydrogen (secondary N) is 2. The van der Waals surface area contributed by atoms with Crippen molar-refractivity contribution in [1.82, 2.24) is 19.5 Å². The Morgan fingerprint density at radius 2 is 1.63 bits per heavy atom. The third-order valence-corrected chi connectivity index (χ3v) is 5.94. The second-order valence-electron chi connectivity index (χ2n) is 6.88. The largest absolute Gasteiger partial charge is 0.357 e. The summed E-state index contributed by atoms with van der Waals surface area (Å²) in [6.45, 7) is 9.49. The summed E-state index contributed by atoms with van der Waals surface area (Å²) in [6.07, 6.45) is 1.48. The summed E-state index contributed by atoms with van der Waals surface area (Å²) in [5.41, 5.74) is 1.24. The predicted molar refractivity (Wildman–Crippen MR) is 119 cm³/mol. The maximum Gasteiger partial charge on any atom is 0.280 e. The van der Waals surface area contributed by atoms with Crippen molar-refractivity contribution >= 4 is 33.0 Å². The number of benzene rings is 1. The van der Waals surface area contributed by atoms with Crippen LogP contribution in [0.4, 0.5) is 23.0 Å². The fraction of sp³-hybridized carbons (Fsp3) is 0.350. The summed E-state index contributed by atoms with van der Waals surface area (Å²) in [4.78, 5) is 15.2. The SMILES string of the molecule is CCN(CC)c1cc(Nc2ccc(NS(=O)(=O)c3cn(C)c(C)n3)cc2)nc(C)n1. The van der Waals surface area contributed by atoms with Gasteiger partial charge in [0.15, 0.2) is 5.03 Å². The van der Waals surface area contributed by atoms with Gasteiger partial charge in [-0.1, -0.05) is 0 Å². The Balaban J connectivity index is 1.75. The number of anilines is 4. The van der Waals surface area contributed by atoms with E-state index in [0.29, 0.717) is 23.2 Å². The third-order valence-electron chi connectivity index (χ3n) is 4.68. The van der Waals surface area contributed by atoms with Crippen LogP contribution < -0.4 is 14.9 Å². The number of hydrogen-bond donors (Lipinski definition) is 2. The van der Waals surface area contributed by atoms with Crippen LogP contribution >= 0.6 is 0 Å². The molecule has 0 atom stereocenters. The molecule has 3 aromatic rings. The van der Waals surface area contributed by atoms with Crippen LogP contribution in [-0.2, 0) is 17.1 Å². The first-order valence-corrected chi connectivity index (χ1v) is 11.2. The number of hydrogen-bond acceptors (Lipinski definition) is 7.